The van der Waals surface area contributed by atoms with Crippen molar-refractivity contribution < 1.29 is 9.53 Å². The number of fused-ring (bicyclic) bond motifs is 8. The molecule has 136 valence electrons. The van der Waals surface area contributed by atoms with E-state index in [4.69, 9.17) is 4.74 Å². The van der Waals surface area contributed by atoms with Crippen LogP contribution in [0.3, 0.4) is 0 Å². The van der Waals surface area contributed by atoms with Crippen LogP contribution in [0.25, 0.3) is 10.9 Å². The van der Waals surface area contributed by atoms with Gasteiger partial charge in [0.05, 0.1) is 18.4 Å². The summed E-state index contributed by atoms with van der Waals surface area (Å²) in [4.78, 5) is 14.9. The SMILES string of the molecule is CC(=O)C1=C(C)OC[C@H]2[C@H]3Cc4c(n(C)c5ccccc45)[C@@H](C[C@@H]12)N3C. The zero-order valence-electron chi connectivity index (χ0n) is 16.0. The van der Waals surface area contributed by atoms with Crippen LogP contribution in [-0.2, 0) is 23.0 Å². The van der Waals surface area contributed by atoms with E-state index >= 15 is 0 Å². The number of nitrogens with zero attached hydrogens (tertiary/aromatic N) is 2. The summed E-state index contributed by atoms with van der Waals surface area (Å²) in [6.07, 6.45) is 2.04. The number of allylic oxidation sites excluding steroid dienone is 2. The average molecular weight is 350 g/mol. The number of ether oxygens (including phenoxy) is 1. The molecule has 2 bridgehead atoms. The van der Waals surface area contributed by atoms with Crippen molar-refractivity contribution in [2.75, 3.05) is 13.7 Å². The molecule has 4 nitrogen and oxygen atoms in total. The minimum absolute atomic E-state index is 0.178. The van der Waals surface area contributed by atoms with Gasteiger partial charge in [-0.15, -0.1) is 0 Å². The van der Waals surface area contributed by atoms with Crippen molar-refractivity contribution in [2.45, 2.75) is 38.8 Å². The lowest BCUT2D eigenvalue weighted by Gasteiger charge is -2.53. The second-order valence-electron chi connectivity index (χ2n) is 8.24. The van der Waals surface area contributed by atoms with Gasteiger partial charge in [0.25, 0.3) is 0 Å². The maximum Gasteiger partial charge on any atom is 0.159 e. The monoisotopic (exact) mass is 350 g/mol. The number of rotatable bonds is 1. The van der Waals surface area contributed by atoms with Gasteiger partial charge in [0.1, 0.15) is 0 Å². The van der Waals surface area contributed by atoms with Crippen LogP contribution in [-0.4, -0.2) is 34.9 Å². The molecule has 3 aliphatic rings. The Bertz CT molecular complexity index is 954. The van der Waals surface area contributed by atoms with Gasteiger partial charge in [-0.25, -0.2) is 0 Å². The Morgan fingerprint density at radius 1 is 1.23 bits per heavy atom. The summed E-state index contributed by atoms with van der Waals surface area (Å²) in [6, 6.07) is 9.54. The second-order valence-corrected chi connectivity index (χ2v) is 8.24. The Labute approximate surface area is 154 Å². The number of piperidine rings is 1. The molecule has 0 spiro atoms. The fourth-order valence-corrected chi connectivity index (χ4v) is 5.95. The van der Waals surface area contributed by atoms with Crippen molar-refractivity contribution in [2.24, 2.45) is 18.9 Å². The highest BCUT2D eigenvalue weighted by molar-refractivity contribution is 5.94. The Morgan fingerprint density at radius 2 is 2.00 bits per heavy atom. The summed E-state index contributed by atoms with van der Waals surface area (Å²) in [6.45, 7) is 4.39. The molecule has 0 aliphatic carbocycles. The van der Waals surface area contributed by atoms with Crippen molar-refractivity contribution in [3.05, 3.63) is 46.9 Å². The van der Waals surface area contributed by atoms with Crippen LogP contribution >= 0.6 is 0 Å². The van der Waals surface area contributed by atoms with Crippen molar-refractivity contribution in [1.82, 2.24) is 9.47 Å². The van der Waals surface area contributed by atoms with E-state index < -0.39 is 0 Å². The van der Waals surface area contributed by atoms with E-state index in [0.717, 1.165) is 30.8 Å². The third-order valence-electron chi connectivity index (χ3n) is 7.11. The molecule has 3 aliphatic heterocycles. The van der Waals surface area contributed by atoms with E-state index in [-0.39, 0.29) is 5.78 Å². The molecule has 0 N–H and O–H groups in total. The molecular weight excluding hydrogens is 324 g/mol. The number of carbonyl (C=O) groups is 1. The van der Waals surface area contributed by atoms with Crippen molar-refractivity contribution in [3.8, 4) is 0 Å². The number of ketones is 1. The van der Waals surface area contributed by atoms with Gasteiger partial charge in [-0.2, -0.15) is 0 Å². The predicted octanol–water partition coefficient (Wildman–Crippen LogP) is 3.61. The number of carbonyl (C=O) groups excluding carboxylic acids is 1. The summed E-state index contributed by atoms with van der Waals surface area (Å²) in [7, 11) is 4.45. The molecule has 0 amide bonds. The summed E-state index contributed by atoms with van der Waals surface area (Å²) in [5.74, 6) is 1.74. The molecular formula is C22H26N2O2. The van der Waals surface area contributed by atoms with Crippen LogP contribution in [0.15, 0.2) is 35.6 Å². The van der Waals surface area contributed by atoms with E-state index in [2.05, 4.69) is 47.8 Å². The number of likely N-dealkylation sites (N-methyl/N-ethyl adjacent to an activating group) is 1. The van der Waals surface area contributed by atoms with Crippen LogP contribution in [0.2, 0.25) is 0 Å². The Morgan fingerprint density at radius 3 is 2.77 bits per heavy atom. The zero-order chi connectivity index (χ0) is 18.2. The quantitative estimate of drug-likeness (QED) is 0.788. The predicted molar refractivity (Wildman–Crippen MR) is 102 cm³/mol. The van der Waals surface area contributed by atoms with Crippen LogP contribution in [0.4, 0.5) is 0 Å². The molecule has 0 saturated carbocycles. The van der Waals surface area contributed by atoms with E-state index in [1.165, 1.54) is 22.2 Å². The molecule has 1 saturated heterocycles. The lowest BCUT2D eigenvalue weighted by molar-refractivity contribution is -0.116. The van der Waals surface area contributed by atoms with E-state index in [0.29, 0.717) is 23.9 Å². The first-order chi connectivity index (χ1) is 12.5. The highest BCUT2D eigenvalue weighted by atomic mass is 16.5. The first-order valence-corrected chi connectivity index (χ1v) is 9.61. The molecule has 1 aromatic heterocycles. The van der Waals surface area contributed by atoms with Crippen molar-refractivity contribution in [1.29, 1.82) is 0 Å². The molecule has 26 heavy (non-hydrogen) atoms. The number of para-hydroxylation sites is 1. The maximum atomic E-state index is 12.4. The lowest BCUT2D eigenvalue weighted by Crippen LogP contribution is -2.56. The fraction of sp³-hybridized carbons (Fsp3) is 0.500. The average Bonchev–Trinajstić information content (AvgIpc) is 2.88. The molecule has 1 fully saturated rings. The Balaban J connectivity index is 1.69. The first kappa shape index (κ1) is 16.1. The summed E-state index contributed by atoms with van der Waals surface area (Å²) in [5, 5.41) is 1.39. The van der Waals surface area contributed by atoms with Gasteiger partial charge in [0.2, 0.25) is 0 Å². The molecule has 1 aromatic carbocycles. The van der Waals surface area contributed by atoms with E-state index in [1.807, 2.05) is 6.92 Å². The number of hydrogen-bond acceptors (Lipinski definition) is 3. The number of Topliss-reactive ketones (excluding diaryl/α,β-unsaturated/α-hetero) is 1. The van der Waals surface area contributed by atoms with Gasteiger partial charge in [-0.05, 0) is 45.4 Å². The van der Waals surface area contributed by atoms with Gasteiger partial charge >= 0.3 is 0 Å². The topological polar surface area (TPSA) is 34.5 Å². The molecule has 4 atom stereocenters. The number of hydrogen-bond donors (Lipinski definition) is 0. The Hall–Kier alpha value is -2.07. The van der Waals surface area contributed by atoms with Crippen LogP contribution in [0.5, 0.6) is 0 Å². The van der Waals surface area contributed by atoms with Gasteiger partial charge in [-0.1, -0.05) is 18.2 Å². The smallest absolute Gasteiger partial charge is 0.159 e. The minimum Gasteiger partial charge on any atom is -0.497 e. The minimum atomic E-state index is 0.178. The molecule has 5 rings (SSSR count). The number of aromatic nitrogens is 1. The fourth-order valence-electron chi connectivity index (χ4n) is 5.95. The maximum absolute atomic E-state index is 12.4. The summed E-state index contributed by atoms with van der Waals surface area (Å²) >= 11 is 0. The van der Waals surface area contributed by atoms with Gasteiger partial charge in [-0.3, -0.25) is 9.69 Å². The summed E-state index contributed by atoms with van der Waals surface area (Å²) in [5.41, 5.74) is 5.20. The van der Waals surface area contributed by atoms with Gasteiger partial charge in [0, 0.05) is 47.1 Å². The summed E-state index contributed by atoms with van der Waals surface area (Å²) < 4.78 is 8.35. The van der Waals surface area contributed by atoms with Crippen LogP contribution in [0, 0.1) is 11.8 Å². The number of benzene rings is 1. The molecule has 0 radical (unpaired) electrons. The molecule has 0 unspecified atom stereocenters. The lowest BCUT2D eigenvalue weighted by atomic mass is 9.66. The zero-order valence-corrected chi connectivity index (χ0v) is 16.0. The second kappa shape index (κ2) is 5.46. The highest BCUT2D eigenvalue weighted by Gasteiger charge is 2.50. The number of aryl methyl sites for hydroxylation is 1. The molecule has 4 heterocycles. The van der Waals surface area contributed by atoms with Crippen LogP contribution < -0.4 is 0 Å². The normalized spacial score (nSPS) is 30.8. The highest BCUT2D eigenvalue weighted by Crippen LogP contribution is 2.51. The van der Waals surface area contributed by atoms with Crippen LogP contribution in [0.1, 0.15) is 37.6 Å². The molecule has 4 heteroatoms. The third-order valence-corrected chi connectivity index (χ3v) is 7.11. The van der Waals surface area contributed by atoms with E-state index in [9.17, 15) is 4.79 Å². The van der Waals surface area contributed by atoms with Gasteiger partial charge in [0.15, 0.2) is 5.78 Å². The van der Waals surface area contributed by atoms with E-state index in [1.54, 1.807) is 6.92 Å². The standard InChI is InChI=1S/C22H26N2O2/c1-12(25)21-13(2)26-11-17-15(21)9-20-22-16(10-19(17)23(20)3)14-7-5-6-8-18(14)24(22)4/h5-8,15,17,19-20H,9-11H2,1-4H3/t15-,17-,19-,20-/m1/s1. The third kappa shape index (κ3) is 1.96. The first-order valence-electron chi connectivity index (χ1n) is 9.61. The van der Waals surface area contributed by atoms with Crippen molar-refractivity contribution >= 4 is 16.7 Å². The van der Waals surface area contributed by atoms with Crippen molar-refractivity contribution in [3.63, 3.8) is 0 Å². The van der Waals surface area contributed by atoms with Gasteiger partial charge < -0.3 is 9.30 Å². The molecule has 2 aromatic rings. The largest absolute Gasteiger partial charge is 0.497 e. The Kier molecular flexibility index (Phi) is 3.39.